The van der Waals surface area contributed by atoms with Gasteiger partial charge in [-0.2, -0.15) is 13.2 Å². The summed E-state index contributed by atoms with van der Waals surface area (Å²) in [6.07, 6.45) is -6.38. The molecule has 0 saturated heterocycles. The number of rotatable bonds is 7. The number of amides is 1. The largest absolute Gasteiger partial charge is 0.471 e. The third kappa shape index (κ3) is 5.19. The highest BCUT2D eigenvalue weighted by molar-refractivity contribution is 6.34. The Morgan fingerprint density at radius 2 is 1.58 bits per heavy atom. The lowest BCUT2D eigenvalue weighted by molar-refractivity contribution is -0.193. The SMILES string of the molecule is COC(=O)C(=O)C[C@H](C(=O)OC)N(C(=O)C(F)(F)F)[C@@H](C)c1cccc2ccccc12. The molecule has 2 rings (SSSR count). The van der Waals surface area contributed by atoms with Gasteiger partial charge >= 0.3 is 24.0 Å². The molecule has 7 nitrogen and oxygen atoms in total. The maximum atomic E-state index is 13.5. The van der Waals surface area contributed by atoms with Crippen molar-refractivity contribution < 1.29 is 41.8 Å². The number of halogens is 3. The molecule has 10 heteroatoms. The average Bonchev–Trinajstić information content (AvgIpc) is 2.75. The minimum absolute atomic E-state index is 0.231. The van der Waals surface area contributed by atoms with E-state index in [4.69, 9.17) is 0 Å². The second kappa shape index (κ2) is 9.59. The number of ether oxygens (including phenoxy) is 2. The van der Waals surface area contributed by atoms with Gasteiger partial charge in [0.15, 0.2) is 0 Å². The van der Waals surface area contributed by atoms with Crippen LogP contribution in [-0.2, 0) is 28.7 Å². The van der Waals surface area contributed by atoms with Crippen molar-refractivity contribution in [3.63, 3.8) is 0 Å². The van der Waals surface area contributed by atoms with Crippen LogP contribution in [0.25, 0.3) is 10.8 Å². The van der Waals surface area contributed by atoms with E-state index < -0.39 is 48.3 Å². The molecule has 0 heterocycles. The standard InChI is InChI=1S/C21H20F3NO6/c1-12(14-10-6-8-13-7-4-5-9-15(13)14)25(20(29)21(22,23)24)16(18(27)30-2)11-17(26)19(28)31-3/h4-10,12,16H,11H2,1-3H3/t12-,16+/m0/s1. The number of carbonyl (C=O) groups excluding carboxylic acids is 4. The van der Waals surface area contributed by atoms with Crippen LogP contribution in [0.15, 0.2) is 42.5 Å². The number of carbonyl (C=O) groups is 4. The fourth-order valence-corrected chi connectivity index (χ4v) is 3.30. The van der Waals surface area contributed by atoms with Crippen molar-refractivity contribution in [1.29, 1.82) is 0 Å². The van der Waals surface area contributed by atoms with Crippen molar-refractivity contribution in [3.8, 4) is 0 Å². The van der Waals surface area contributed by atoms with Gasteiger partial charge in [0.2, 0.25) is 5.78 Å². The zero-order chi connectivity index (χ0) is 23.3. The lowest BCUT2D eigenvalue weighted by Crippen LogP contribution is -2.52. The lowest BCUT2D eigenvalue weighted by Gasteiger charge is -2.35. The molecule has 0 aliphatic rings. The number of ketones is 1. The maximum absolute atomic E-state index is 13.5. The summed E-state index contributed by atoms with van der Waals surface area (Å²) in [5.41, 5.74) is 0.315. The van der Waals surface area contributed by atoms with Crippen LogP contribution in [0.5, 0.6) is 0 Å². The first-order chi connectivity index (χ1) is 14.5. The topological polar surface area (TPSA) is 90.0 Å². The Hall–Kier alpha value is -3.43. The Morgan fingerprint density at radius 3 is 2.16 bits per heavy atom. The van der Waals surface area contributed by atoms with Crippen LogP contribution in [0, 0.1) is 0 Å². The molecule has 2 aromatic rings. The average molecular weight is 439 g/mol. The predicted molar refractivity (Wildman–Crippen MR) is 103 cm³/mol. The maximum Gasteiger partial charge on any atom is 0.471 e. The molecule has 2 atom stereocenters. The van der Waals surface area contributed by atoms with Crippen LogP contribution in [0.2, 0.25) is 0 Å². The first-order valence-corrected chi connectivity index (χ1v) is 9.09. The molecule has 0 unspecified atom stereocenters. The number of alkyl halides is 3. The highest BCUT2D eigenvalue weighted by atomic mass is 19.4. The van der Waals surface area contributed by atoms with Gasteiger partial charge in [0.05, 0.1) is 20.3 Å². The van der Waals surface area contributed by atoms with Crippen molar-refractivity contribution in [3.05, 3.63) is 48.0 Å². The Kier molecular flexibility index (Phi) is 7.37. The van der Waals surface area contributed by atoms with Crippen LogP contribution in [0.1, 0.15) is 24.9 Å². The summed E-state index contributed by atoms with van der Waals surface area (Å²) in [6.45, 7) is 1.30. The molecule has 1 amide bonds. The van der Waals surface area contributed by atoms with Gasteiger partial charge in [-0.05, 0) is 23.3 Å². The van der Waals surface area contributed by atoms with E-state index in [9.17, 15) is 32.3 Å². The van der Waals surface area contributed by atoms with Gasteiger partial charge in [-0.3, -0.25) is 9.59 Å². The smallest absolute Gasteiger partial charge is 0.467 e. The Labute approximate surface area is 175 Å². The van der Waals surface area contributed by atoms with Crippen molar-refractivity contribution in [2.24, 2.45) is 0 Å². The van der Waals surface area contributed by atoms with E-state index in [0.29, 0.717) is 16.3 Å². The van der Waals surface area contributed by atoms with Crippen molar-refractivity contribution in [2.45, 2.75) is 31.6 Å². The molecule has 0 aromatic heterocycles. The summed E-state index contributed by atoms with van der Waals surface area (Å²) in [5.74, 6) is -6.25. The van der Waals surface area contributed by atoms with E-state index in [0.717, 1.165) is 14.2 Å². The molecule has 0 aliphatic carbocycles. The van der Waals surface area contributed by atoms with Gasteiger partial charge in [0, 0.05) is 6.42 Å². The number of nitrogens with zero attached hydrogens (tertiary/aromatic N) is 1. The fourth-order valence-electron chi connectivity index (χ4n) is 3.30. The zero-order valence-electron chi connectivity index (χ0n) is 16.9. The minimum Gasteiger partial charge on any atom is -0.467 e. The summed E-state index contributed by atoms with van der Waals surface area (Å²) in [6, 6.07) is 8.35. The van der Waals surface area contributed by atoms with Gasteiger partial charge < -0.3 is 14.4 Å². The normalized spacial score (nSPS) is 13.2. The van der Waals surface area contributed by atoms with E-state index >= 15 is 0 Å². The number of benzene rings is 2. The number of methoxy groups -OCH3 is 2. The second-order valence-electron chi connectivity index (χ2n) is 6.61. The Balaban J connectivity index is 2.63. The summed E-state index contributed by atoms with van der Waals surface area (Å²) < 4.78 is 49.2. The van der Waals surface area contributed by atoms with Crippen molar-refractivity contribution >= 4 is 34.4 Å². The zero-order valence-corrected chi connectivity index (χ0v) is 16.9. The summed E-state index contributed by atoms with van der Waals surface area (Å²) in [5, 5.41) is 1.26. The van der Waals surface area contributed by atoms with E-state index in [1.807, 2.05) is 0 Å². The highest BCUT2D eigenvalue weighted by Gasteiger charge is 2.49. The molecular weight excluding hydrogens is 419 g/mol. The van der Waals surface area contributed by atoms with Crippen LogP contribution in [0.4, 0.5) is 13.2 Å². The Morgan fingerprint density at radius 1 is 0.968 bits per heavy atom. The monoisotopic (exact) mass is 439 g/mol. The number of hydrogen-bond donors (Lipinski definition) is 0. The summed E-state index contributed by atoms with van der Waals surface area (Å²) >= 11 is 0. The van der Waals surface area contributed by atoms with Crippen LogP contribution in [-0.4, -0.2) is 55.0 Å². The Bertz CT molecular complexity index is 999. The molecule has 0 N–H and O–H groups in total. The molecule has 0 spiro atoms. The third-order valence-electron chi connectivity index (χ3n) is 4.77. The molecule has 0 saturated carbocycles. The molecule has 31 heavy (non-hydrogen) atoms. The minimum atomic E-state index is -5.35. The molecule has 0 fully saturated rings. The molecule has 0 bridgehead atoms. The third-order valence-corrected chi connectivity index (χ3v) is 4.77. The number of Topliss-reactive ketones (excluding diaryl/α,β-unsaturated/α-hetero) is 1. The van der Waals surface area contributed by atoms with E-state index in [1.54, 1.807) is 36.4 Å². The van der Waals surface area contributed by atoms with Gasteiger partial charge in [0.25, 0.3) is 0 Å². The quantitative estimate of drug-likeness (QED) is 0.487. The van der Waals surface area contributed by atoms with Gasteiger partial charge in [0.1, 0.15) is 6.04 Å². The molecule has 166 valence electrons. The van der Waals surface area contributed by atoms with Crippen LogP contribution in [0.3, 0.4) is 0 Å². The first-order valence-electron chi connectivity index (χ1n) is 9.09. The van der Waals surface area contributed by atoms with Gasteiger partial charge in [-0.25, -0.2) is 9.59 Å². The molecule has 0 aliphatic heterocycles. The number of hydrogen-bond acceptors (Lipinski definition) is 6. The van der Waals surface area contributed by atoms with E-state index in [-0.39, 0.29) is 4.90 Å². The second-order valence-corrected chi connectivity index (χ2v) is 6.61. The van der Waals surface area contributed by atoms with E-state index in [2.05, 4.69) is 9.47 Å². The first kappa shape index (κ1) is 23.8. The predicted octanol–water partition coefficient (Wildman–Crippen LogP) is 2.97. The van der Waals surface area contributed by atoms with E-state index in [1.165, 1.54) is 13.0 Å². The van der Waals surface area contributed by atoms with Crippen molar-refractivity contribution in [2.75, 3.05) is 14.2 Å². The van der Waals surface area contributed by atoms with Crippen molar-refractivity contribution in [1.82, 2.24) is 4.90 Å². The van der Waals surface area contributed by atoms with Crippen LogP contribution >= 0.6 is 0 Å². The molecular formula is C21H20F3NO6. The summed E-state index contributed by atoms with van der Waals surface area (Å²) in [4.78, 5) is 48.5. The number of fused-ring (bicyclic) bond motifs is 1. The van der Waals surface area contributed by atoms with Gasteiger partial charge in [-0.15, -0.1) is 0 Å². The summed E-state index contributed by atoms with van der Waals surface area (Å²) in [7, 11) is 1.81. The fraction of sp³-hybridized carbons (Fsp3) is 0.333. The van der Waals surface area contributed by atoms with Crippen LogP contribution < -0.4 is 0 Å². The molecule has 2 aromatic carbocycles. The lowest BCUT2D eigenvalue weighted by atomic mass is 9.96. The number of esters is 2. The molecule has 0 radical (unpaired) electrons. The van der Waals surface area contributed by atoms with Gasteiger partial charge in [-0.1, -0.05) is 42.5 Å². The highest BCUT2D eigenvalue weighted by Crippen LogP contribution is 2.34.